The number of hydrogen-bond donors (Lipinski definition) is 1. The Morgan fingerprint density at radius 2 is 1.85 bits per heavy atom. The van der Waals surface area contributed by atoms with Gasteiger partial charge in [-0.1, -0.05) is 33.6 Å². The summed E-state index contributed by atoms with van der Waals surface area (Å²) in [5.41, 5.74) is 0. The van der Waals surface area contributed by atoms with Gasteiger partial charge in [0.25, 0.3) is 0 Å². The van der Waals surface area contributed by atoms with Crippen molar-refractivity contribution in [3.63, 3.8) is 0 Å². The summed E-state index contributed by atoms with van der Waals surface area (Å²) in [6.07, 6.45) is 3.94. The van der Waals surface area contributed by atoms with Crippen LogP contribution in [0.3, 0.4) is 0 Å². The van der Waals surface area contributed by atoms with Crippen LogP contribution >= 0.6 is 11.8 Å². The topological polar surface area (TPSA) is 12.0 Å². The lowest BCUT2D eigenvalue weighted by Gasteiger charge is -2.12. The maximum Gasteiger partial charge on any atom is -0.00207 e. The molecule has 1 N–H and O–H groups in total. The van der Waals surface area contributed by atoms with Gasteiger partial charge in [0.05, 0.1) is 0 Å². The first-order chi connectivity index (χ1) is 6.35. The molecule has 0 aliphatic heterocycles. The predicted molar refractivity (Wildman–Crippen MR) is 64.6 cm³/mol. The molecule has 0 radical (unpaired) electrons. The Balaban J connectivity index is 3.05. The Hall–Kier alpha value is 0.310. The molecule has 0 bridgehead atoms. The van der Waals surface area contributed by atoms with E-state index in [1.807, 2.05) is 11.8 Å². The monoisotopic (exact) mass is 203 g/mol. The molecular formula is C11H25NS. The van der Waals surface area contributed by atoms with Gasteiger partial charge in [0.1, 0.15) is 0 Å². The van der Waals surface area contributed by atoms with E-state index in [2.05, 4.69) is 26.1 Å². The summed E-state index contributed by atoms with van der Waals surface area (Å²) in [6, 6.07) is 0. The van der Waals surface area contributed by atoms with Crippen LogP contribution in [0.5, 0.6) is 0 Å². The van der Waals surface area contributed by atoms with Crippen LogP contribution in [0.2, 0.25) is 0 Å². The van der Waals surface area contributed by atoms with Crippen LogP contribution in [0.1, 0.15) is 40.0 Å². The van der Waals surface area contributed by atoms with E-state index in [0.29, 0.717) is 0 Å². The van der Waals surface area contributed by atoms with Crippen LogP contribution in [0.15, 0.2) is 0 Å². The van der Waals surface area contributed by atoms with E-state index in [9.17, 15) is 0 Å². The summed E-state index contributed by atoms with van der Waals surface area (Å²) in [7, 11) is 0. The summed E-state index contributed by atoms with van der Waals surface area (Å²) in [5, 5.41) is 3.53. The molecule has 0 atom stereocenters. The van der Waals surface area contributed by atoms with Gasteiger partial charge in [-0.05, 0) is 36.9 Å². The fourth-order valence-electron chi connectivity index (χ4n) is 1.33. The van der Waals surface area contributed by atoms with Gasteiger partial charge < -0.3 is 5.32 Å². The quantitative estimate of drug-likeness (QED) is 0.578. The van der Waals surface area contributed by atoms with Gasteiger partial charge in [0.15, 0.2) is 0 Å². The molecule has 0 heterocycles. The second-order valence-corrected chi connectivity index (χ2v) is 4.83. The third-order valence-corrected chi connectivity index (χ3v) is 3.42. The number of thioether (sulfide) groups is 1. The molecule has 0 aromatic heterocycles. The van der Waals surface area contributed by atoms with Gasteiger partial charge in [0, 0.05) is 0 Å². The Morgan fingerprint density at radius 1 is 1.15 bits per heavy atom. The maximum atomic E-state index is 3.53. The van der Waals surface area contributed by atoms with Crippen LogP contribution in [-0.4, -0.2) is 24.6 Å². The predicted octanol–water partition coefficient (Wildman–Crippen LogP) is 3.16. The molecule has 0 aromatic rings. The highest BCUT2D eigenvalue weighted by molar-refractivity contribution is 7.99. The molecule has 0 saturated heterocycles. The SMILES string of the molecule is CCSCCCNCC(CC)CC. The first kappa shape index (κ1) is 13.3. The minimum absolute atomic E-state index is 0.888. The maximum absolute atomic E-state index is 3.53. The molecule has 0 amide bonds. The van der Waals surface area contributed by atoms with Crippen molar-refractivity contribution in [3.05, 3.63) is 0 Å². The second kappa shape index (κ2) is 10.4. The van der Waals surface area contributed by atoms with Crippen LogP contribution in [-0.2, 0) is 0 Å². The molecule has 2 heteroatoms. The molecule has 0 unspecified atom stereocenters. The number of nitrogens with one attached hydrogen (secondary N) is 1. The fourth-order valence-corrected chi connectivity index (χ4v) is 1.96. The van der Waals surface area contributed by atoms with Gasteiger partial charge in [-0.3, -0.25) is 0 Å². The highest BCUT2D eigenvalue weighted by atomic mass is 32.2. The summed E-state index contributed by atoms with van der Waals surface area (Å²) in [5.74, 6) is 3.46. The fraction of sp³-hybridized carbons (Fsp3) is 1.00. The summed E-state index contributed by atoms with van der Waals surface area (Å²) < 4.78 is 0. The van der Waals surface area contributed by atoms with Crippen LogP contribution in [0.25, 0.3) is 0 Å². The largest absolute Gasteiger partial charge is 0.316 e. The van der Waals surface area contributed by atoms with Crippen LogP contribution in [0, 0.1) is 5.92 Å². The molecule has 0 aliphatic rings. The van der Waals surface area contributed by atoms with Crippen molar-refractivity contribution in [2.24, 2.45) is 5.92 Å². The van der Waals surface area contributed by atoms with Crippen molar-refractivity contribution < 1.29 is 0 Å². The minimum Gasteiger partial charge on any atom is -0.316 e. The minimum atomic E-state index is 0.888. The van der Waals surface area contributed by atoms with Gasteiger partial charge in [-0.25, -0.2) is 0 Å². The first-order valence-corrected chi connectivity index (χ1v) is 6.79. The van der Waals surface area contributed by atoms with Gasteiger partial charge >= 0.3 is 0 Å². The Kier molecular flexibility index (Phi) is 10.6. The van der Waals surface area contributed by atoms with Crippen molar-refractivity contribution in [1.82, 2.24) is 5.32 Å². The molecule has 1 nitrogen and oxygen atoms in total. The lowest BCUT2D eigenvalue weighted by molar-refractivity contribution is 0.451. The zero-order chi connectivity index (χ0) is 9.94. The van der Waals surface area contributed by atoms with Crippen molar-refractivity contribution in [1.29, 1.82) is 0 Å². The summed E-state index contributed by atoms with van der Waals surface area (Å²) in [4.78, 5) is 0. The molecule has 13 heavy (non-hydrogen) atoms. The van der Waals surface area contributed by atoms with Crippen LogP contribution < -0.4 is 5.32 Å². The Bertz CT molecular complexity index is 92.1. The van der Waals surface area contributed by atoms with E-state index in [0.717, 1.165) is 5.92 Å². The normalized spacial score (nSPS) is 11.1. The van der Waals surface area contributed by atoms with E-state index in [1.165, 1.54) is 43.9 Å². The zero-order valence-electron chi connectivity index (χ0n) is 9.44. The van der Waals surface area contributed by atoms with Gasteiger partial charge in [-0.15, -0.1) is 0 Å². The van der Waals surface area contributed by atoms with Gasteiger partial charge in [-0.2, -0.15) is 11.8 Å². The molecular weight excluding hydrogens is 178 g/mol. The molecule has 0 saturated carbocycles. The molecule has 0 fully saturated rings. The van der Waals surface area contributed by atoms with Crippen LogP contribution in [0.4, 0.5) is 0 Å². The van der Waals surface area contributed by atoms with E-state index >= 15 is 0 Å². The Morgan fingerprint density at radius 3 is 2.38 bits per heavy atom. The summed E-state index contributed by atoms with van der Waals surface area (Å²) in [6.45, 7) is 9.20. The molecule has 80 valence electrons. The first-order valence-electron chi connectivity index (χ1n) is 5.63. The molecule has 0 rings (SSSR count). The average molecular weight is 203 g/mol. The molecule has 0 spiro atoms. The lowest BCUT2D eigenvalue weighted by atomic mass is 10.0. The van der Waals surface area contributed by atoms with Gasteiger partial charge in [0.2, 0.25) is 0 Å². The zero-order valence-corrected chi connectivity index (χ0v) is 10.3. The number of rotatable bonds is 9. The highest BCUT2D eigenvalue weighted by Gasteiger charge is 2.00. The standard InChI is InChI=1S/C11H25NS/c1-4-11(5-2)10-12-8-7-9-13-6-3/h11-12H,4-10H2,1-3H3. The number of hydrogen-bond acceptors (Lipinski definition) is 2. The van der Waals surface area contributed by atoms with Crippen molar-refractivity contribution in [3.8, 4) is 0 Å². The van der Waals surface area contributed by atoms with E-state index in [-0.39, 0.29) is 0 Å². The summed E-state index contributed by atoms with van der Waals surface area (Å²) >= 11 is 2.04. The third-order valence-electron chi connectivity index (χ3n) is 2.43. The lowest BCUT2D eigenvalue weighted by Crippen LogP contribution is -2.23. The second-order valence-electron chi connectivity index (χ2n) is 3.44. The average Bonchev–Trinajstić information content (AvgIpc) is 2.17. The Labute approximate surface area is 88.1 Å². The van der Waals surface area contributed by atoms with E-state index in [4.69, 9.17) is 0 Å². The van der Waals surface area contributed by atoms with Crippen molar-refractivity contribution in [2.45, 2.75) is 40.0 Å². The third kappa shape index (κ3) is 8.63. The highest BCUT2D eigenvalue weighted by Crippen LogP contribution is 2.05. The molecule has 0 aromatic carbocycles. The van der Waals surface area contributed by atoms with Crippen molar-refractivity contribution in [2.75, 3.05) is 24.6 Å². The van der Waals surface area contributed by atoms with Crippen molar-refractivity contribution >= 4 is 11.8 Å². The van der Waals surface area contributed by atoms with E-state index < -0.39 is 0 Å². The molecule has 0 aliphatic carbocycles. The van der Waals surface area contributed by atoms with E-state index in [1.54, 1.807) is 0 Å². The smallest absolute Gasteiger partial charge is 0.00207 e.